The first-order valence-electron chi connectivity index (χ1n) is 9.96. The number of hydrogen-bond acceptors (Lipinski definition) is 1. The summed E-state index contributed by atoms with van der Waals surface area (Å²) in [7, 11) is 1.12. The van der Waals surface area contributed by atoms with Crippen LogP contribution in [0, 0.1) is 23.3 Å². The summed E-state index contributed by atoms with van der Waals surface area (Å²) in [4.78, 5) is 0. The highest BCUT2D eigenvalue weighted by molar-refractivity contribution is 5.88. The fourth-order valence-corrected chi connectivity index (χ4v) is 3.83. The van der Waals surface area contributed by atoms with Gasteiger partial charge in [-0.3, -0.25) is 0 Å². The highest BCUT2D eigenvalue weighted by Crippen LogP contribution is 2.35. The number of methoxy groups -OCH3 is 1. The van der Waals surface area contributed by atoms with Gasteiger partial charge in [-0.15, -0.1) is 0 Å². The molecule has 0 aromatic heterocycles. The minimum absolute atomic E-state index is 0.237. The zero-order valence-electron chi connectivity index (χ0n) is 17.1. The maximum Gasteiger partial charge on any atom is 0.190 e. The number of ether oxygens (including phenoxy) is 1. The van der Waals surface area contributed by atoms with Crippen molar-refractivity contribution < 1.29 is 22.3 Å². The van der Waals surface area contributed by atoms with Crippen LogP contribution in [0.15, 0.2) is 60.7 Å². The van der Waals surface area contributed by atoms with E-state index in [1.165, 1.54) is 17.7 Å². The van der Waals surface area contributed by atoms with Crippen LogP contribution in [0.2, 0.25) is 0 Å². The van der Waals surface area contributed by atoms with E-state index in [9.17, 15) is 17.6 Å². The number of rotatable bonds is 5. The molecule has 5 heteroatoms. The van der Waals surface area contributed by atoms with Gasteiger partial charge in [-0.2, -0.15) is 0 Å². The van der Waals surface area contributed by atoms with Gasteiger partial charge in [0.05, 0.1) is 12.7 Å². The van der Waals surface area contributed by atoms with Crippen molar-refractivity contribution in [3.63, 3.8) is 0 Å². The quantitative estimate of drug-likeness (QED) is 0.298. The van der Waals surface area contributed by atoms with Crippen molar-refractivity contribution in [3.05, 3.63) is 89.5 Å². The van der Waals surface area contributed by atoms with Gasteiger partial charge in [0.1, 0.15) is 11.6 Å². The van der Waals surface area contributed by atoms with Crippen molar-refractivity contribution in [2.75, 3.05) is 7.11 Å². The summed E-state index contributed by atoms with van der Waals surface area (Å²) in [6, 6.07) is 15.8. The molecule has 0 N–H and O–H groups in total. The Hall–Kier alpha value is -3.34. The first-order valence-corrected chi connectivity index (χ1v) is 9.96. The summed E-state index contributed by atoms with van der Waals surface area (Å²) < 4.78 is 62.4. The monoisotopic (exact) mass is 424 g/mol. The van der Waals surface area contributed by atoms with Gasteiger partial charge in [0.15, 0.2) is 17.4 Å². The van der Waals surface area contributed by atoms with Crippen LogP contribution in [0.3, 0.4) is 0 Å². The van der Waals surface area contributed by atoms with E-state index in [-0.39, 0.29) is 5.56 Å². The third-order valence-corrected chi connectivity index (χ3v) is 5.31. The van der Waals surface area contributed by atoms with Crippen molar-refractivity contribution in [1.82, 2.24) is 0 Å². The van der Waals surface area contributed by atoms with E-state index >= 15 is 0 Å². The zero-order valence-corrected chi connectivity index (χ0v) is 17.1. The van der Waals surface area contributed by atoms with Crippen LogP contribution in [-0.4, -0.2) is 7.11 Å². The fourth-order valence-electron chi connectivity index (χ4n) is 3.83. The van der Waals surface area contributed by atoms with Crippen LogP contribution in [0.25, 0.3) is 33.0 Å². The average Bonchev–Trinajstić information content (AvgIpc) is 2.73. The molecule has 0 aliphatic carbocycles. The summed E-state index contributed by atoms with van der Waals surface area (Å²) in [5, 5.41) is 2.01. The molecule has 0 saturated carbocycles. The lowest BCUT2D eigenvalue weighted by Gasteiger charge is -2.12. The maximum atomic E-state index is 14.9. The number of aryl methyl sites for hydroxylation is 1. The van der Waals surface area contributed by atoms with Crippen LogP contribution in [0.5, 0.6) is 5.75 Å². The minimum Gasteiger partial charge on any atom is -0.491 e. The maximum absolute atomic E-state index is 14.9. The molecule has 4 aromatic carbocycles. The highest BCUT2D eigenvalue weighted by atomic mass is 19.1. The molecule has 0 radical (unpaired) electrons. The van der Waals surface area contributed by atoms with Gasteiger partial charge < -0.3 is 4.74 Å². The van der Waals surface area contributed by atoms with E-state index in [0.29, 0.717) is 11.1 Å². The number of halogens is 4. The van der Waals surface area contributed by atoms with Gasteiger partial charge in [-0.05, 0) is 69.8 Å². The standard InChI is InChI=1S/C26H20F4O/c1-3-4-15-5-6-17-10-18(8-7-16(17)9-15)19-11-21(27)25(22(28)12-19)20-13-23(29)26(31-2)24(30)14-20/h5-14H,3-4H2,1-2H3. The Morgan fingerprint density at radius 2 is 1.23 bits per heavy atom. The molecule has 0 spiro atoms. The lowest BCUT2D eigenvalue weighted by molar-refractivity contribution is 0.360. The van der Waals surface area contributed by atoms with Gasteiger partial charge >= 0.3 is 0 Å². The molecule has 0 heterocycles. The molecule has 0 bridgehead atoms. The molecule has 158 valence electrons. The van der Waals surface area contributed by atoms with Crippen LogP contribution in [0.1, 0.15) is 18.9 Å². The first kappa shape index (κ1) is 20.9. The summed E-state index contributed by atoms with van der Waals surface area (Å²) in [6.07, 6.45) is 2.04. The molecular formula is C26H20F4O. The minimum atomic E-state index is -1.03. The molecule has 0 fully saturated rings. The highest BCUT2D eigenvalue weighted by Gasteiger charge is 2.19. The second-order valence-corrected chi connectivity index (χ2v) is 7.43. The molecule has 0 atom stereocenters. The van der Waals surface area contributed by atoms with Gasteiger partial charge in [0.25, 0.3) is 0 Å². The molecule has 31 heavy (non-hydrogen) atoms. The van der Waals surface area contributed by atoms with E-state index in [0.717, 1.165) is 42.9 Å². The van der Waals surface area contributed by atoms with E-state index < -0.39 is 34.6 Å². The third-order valence-electron chi connectivity index (χ3n) is 5.31. The van der Waals surface area contributed by atoms with Crippen LogP contribution >= 0.6 is 0 Å². The normalized spacial score (nSPS) is 11.2. The second-order valence-electron chi connectivity index (χ2n) is 7.43. The summed E-state index contributed by atoms with van der Waals surface area (Å²) in [5.74, 6) is -4.47. The zero-order chi connectivity index (χ0) is 22.1. The van der Waals surface area contributed by atoms with E-state index in [2.05, 4.69) is 17.7 Å². The van der Waals surface area contributed by atoms with E-state index in [4.69, 9.17) is 0 Å². The molecule has 0 saturated heterocycles. The van der Waals surface area contributed by atoms with Crippen LogP contribution in [0.4, 0.5) is 17.6 Å². The number of fused-ring (bicyclic) bond motifs is 1. The summed E-state index contributed by atoms with van der Waals surface area (Å²) >= 11 is 0. The molecule has 0 unspecified atom stereocenters. The summed E-state index contributed by atoms with van der Waals surface area (Å²) in [6.45, 7) is 2.12. The Morgan fingerprint density at radius 3 is 1.84 bits per heavy atom. The Labute approximate surface area is 177 Å². The molecular weight excluding hydrogens is 404 g/mol. The van der Waals surface area contributed by atoms with E-state index in [1.807, 2.05) is 24.3 Å². The van der Waals surface area contributed by atoms with Crippen molar-refractivity contribution in [1.29, 1.82) is 0 Å². The van der Waals surface area contributed by atoms with Gasteiger partial charge in [-0.1, -0.05) is 43.7 Å². The van der Waals surface area contributed by atoms with E-state index in [1.54, 1.807) is 6.07 Å². The van der Waals surface area contributed by atoms with Crippen molar-refractivity contribution in [2.24, 2.45) is 0 Å². The third kappa shape index (κ3) is 4.00. The van der Waals surface area contributed by atoms with Crippen molar-refractivity contribution in [2.45, 2.75) is 19.8 Å². The number of hydrogen-bond donors (Lipinski definition) is 0. The fraction of sp³-hybridized carbons (Fsp3) is 0.154. The molecule has 0 aliphatic rings. The Kier molecular flexibility index (Phi) is 5.68. The van der Waals surface area contributed by atoms with Gasteiger partial charge in [-0.25, -0.2) is 17.6 Å². The predicted octanol–water partition coefficient (Wildman–Crippen LogP) is 7.69. The Balaban J connectivity index is 1.76. The van der Waals surface area contributed by atoms with Gasteiger partial charge in [0.2, 0.25) is 0 Å². The lowest BCUT2D eigenvalue weighted by atomic mass is 9.96. The molecule has 0 amide bonds. The van der Waals surface area contributed by atoms with Crippen molar-refractivity contribution >= 4 is 10.8 Å². The van der Waals surface area contributed by atoms with Gasteiger partial charge in [0, 0.05) is 0 Å². The topological polar surface area (TPSA) is 9.23 Å². The predicted molar refractivity (Wildman–Crippen MR) is 115 cm³/mol. The Bertz CT molecular complexity index is 1230. The van der Waals surface area contributed by atoms with Crippen LogP contribution < -0.4 is 4.74 Å². The SMILES string of the molecule is CCCc1ccc2cc(-c3cc(F)c(-c4cc(F)c(OC)c(F)c4)c(F)c3)ccc2c1. The molecule has 4 aromatic rings. The number of benzene rings is 4. The lowest BCUT2D eigenvalue weighted by Crippen LogP contribution is -1.97. The van der Waals surface area contributed by atoms with Crippen LogP contribution in [-0.2, 0) is 6.42 Å². The van der Waals surface area contributed by atoms with Crippen molar-refractivity contribution in [3.8, 4) is 28.0 Å². The largest absolute Gasteiger partial charge is 0.491 e. The smallest absolute Gasteiger partial charge is 0.190 e. The molecule has 0 aliphatic heterocycles. The first-order chi connectivity index (χ1) is 14.9. The summed E-state index contributed by atoms with van der Waals surface area (Å²) in [5.41, 5.74) is 1.50. The Morgan fingerprint density at radius 1 is 0.645 bits per heavy atom. The molecule has 1 nitrogen and oxygen atoms in total. The molecule has 4 rings (SSSR count). The second kappa shape index (κ2) is 8.42. The average molecular weight is 424 g/mol.